The van der Waals surface area contributed by atoms with Gasteiger partial charge in [-0.3, -0.25) is 9.79 Å². The lowest BCUT2D eigenvalue weighted by molar-refractivity contribution is -0.138. The topological polar surface area (TPSA) is 102 Å². The highest BCUT2D eigenvalue weighted by Gasteiger charge is 2.10. The van der Waals surface area contributed by atoms with Crippen molar-refractivity contribution >= 4 is 11.8 Å². The minimum absolute atomic E-state index is 0.376. The zero-order valence-electron chi connectivity index (χ0n) is 9.23. The monoisotopic (exact) mass is 213 g/mol. The predicted octanol–water partition coefficient (Wildman–Crippen LogP) is 0.502. The van der Waals surface area contributed by atoms with Gasteiger partial charge in [0.15, 0.2) is 0 Å². The molecule has 0 aromatic carbocycles. The Morgan fingerprint density at radius 3 is 2.60 bits per heavy atom. The fourth-order valence-corrected chi connectivity index (χ4v) is 1.07. The van der Waals surface area contributed by atoms with Crippen LogP contribution in [0.15, 0.2) is 16.6 Å². The third kappa shape index (κ3) is 7.69. The van der Waals surface area contributed by atoms with Crippen LogP contribution in [0.2, 0.25) is 0 Å². The molecule has 0 aliphatic rings. The van der Waals surface area contributed by atoms with Gasteiger partial charge in [-0.1, -0.05) is 11.6 Å². The first-order valence-corrected chi connectivity index (χ1v) is 4.84. The second-order valence-corrected chi connectivity index (χ2v) is 3.51. The normalized spacial score (nSPS) is 15.1. The molecule has 0 spiro atoms. The Bertz CT molecular complexity index is 268. The molecular weight excluding hydrogens is 194 g/mol. The van der Waals surface area contributed by atoms with Gasteiger partial charge in [0.1, 0.15) is 6.04 Å². The van der Waals surface area contributed by atoms with Crippen molar-refractivity contribution < 1.29 is 9.90 Å². The van der Waals surface area contributed by atoms with Crippen LogP contribution < -0.4 is 11.5 Å². The molecule has 5 N–H and O–H groups in total. The highest BCUT2D eigenvalue weighted by Crippen LogP contribution is 2.04. The molecular formula is C10H19N3O2. The maximum atomic E-state index is 10.5. The van der Waals surface area contributed by atoms with Crippen LogP contribution in [0.5, 0.6) is 0 Å². The van der Waals surface area contributed by atoms with E-state index in [1.807, 2.05) is 13.0 Å². The molecule has 0 radical (unpaired) electrons. The first kappa shape index (κ1) is 13.6. The zero-order chi connectivity index (χ0) is 11.8. The van der Waals surface area contributed by atoms with Gasteiger partial charge in [0.25, 0.3) is 0 Å². The number of rotatable bonds is 6. The maximum Gasteiger partial charge on any atom is 0.320 e. The van der Waals surface area contributed by atoms with E-state index >= 15 is 0 Å². The first-order valence-electron chi connectivity index (χ1n) is 4.84. The quantitative estimate of drug-likeness (QED) is 0.259. The average molecular weight is 213 g/mol. The number of carboxylic acids is 1. The Kier molecular flexibility index (Phi) is 6.37. The molecule has 0 heterocycles. The van der Waals surface area contributed by atoms with Crippen LogP contribution in [-0.4, -0.2) is 29.5 Å². The number of aliphatic imine (C=N–C) groups is 1. The fraction of sp³-hybridized carbons (Fsp3) is 0.600. The van der Waals surface area contributed by atoms with Crippen molar-refractivity contribution in [3.8, 4) is 0 Å². The summed E-state index contributed by atoms with van der Waals surface area (Å²) in [5.74, 6) is -0.415. The number of nitrogens with zero attached hydrogens (tertiary/aromatic N) is 1. The van der Waals surface area contributed by atoms with E-state index in [0.717, 1.165) is 12.0 Å². The maximum absolute atomic E-state index is 10.5. The van der Waals surface area contributed by atoms with Gasteiger partial charge in [-0.15, -0.1) is 0 Å². The van der Waals surface area contributed by atoms with Gasteiger partial charge in [0.2, 0.25) is 0 Å². The summed E-state index contributed by atoms with van der Waals surface area (Å²) in [5, 5.41) is 8.58. The van der Waals surface area contributed by atoms with E-state index in [1.165, 1.54) is 0 Å². The Balaban J connectivity index is 3.89. The number of aliphatic carboxylic acids is 1. The van der Waals surface area contributed by atoms with E-state index in [0.29, 0.717) is 18.8 Å². The molecule has 0 amide bonds. The number of carbonyl (C=O) groups is 1. The molecule has 0 aliphatic heterocycles. The van der Waals surface area contributed by atoms with Gasteiger partial charge in [0.05, 0.1) is 5.84 Å². The molecule has 0 saturated carbocycles. The van der Waals surface area contributed by atoms with Gasteiger partial charge >= 0.3 is 5.97 Å². The molecule has 5 heteroatoms. The Morgan fingerprint density at radius 2 is 2.13 bits per heavy atom. The van der Waals surface area contributed by atoms with Crippen molar-refractivity contribution in [1.29, 1.82) is 0 Å². The van der Waals surface area contributed by atoms with E-state index in [4.69, 9.17) is 16.6 Å². The number of amidine groups is 1. The van der Waals surface area contributed by atoms with E-state index in [9.17, 15) is 4.79 Å². The lowest BCUT2D eigenvalue weighted by Gasteiger charge is -2.05. The summed E-state index contributed by atoms with van der Waals surface area (Å²) in [6.45, 7) is 4.22. The SMILES string of the molecule is CC(N)=NCC/C=C(\C)C[C@H](N)C(=O)O. The molecule has 0 aromatic heterocycles. The predicted molar refractivity (Wildman–Crippen MR) is 60.8 cm³/mol. The van der Waals surface area contributed by atoms with Crippen LogP contribution in [0.1, 0.15) is 26.7 Å². The molecule has 0 fully saturated rings. The van der Waals surface area contributed by atoms with E-state index in [2.05, 4.69) is 4.99 Å². The summed E-state index contributed by atoms with van der Waals surface area (Å²) in [4.78, 5) is 14.5. The van der Waals surface area contributed by atoms with Crippen LogP contribution in [-0.2, 0) is 4.79 Å². The van der Waals surface area contributed by atoms with Gasteiger partial charge < -0.3 is 16.6 Å². The number of nitrogens with two attached hydrogens (primary N) is 2. The highest BCUT2D eigenvalue weighted by atomic mass is 16.4. The van der Waals surface area contributed by atoms with Crippen LogP contribution in [0, 0.1) is 0 Å². The van der Waals surface area contributed by atoms with Gasteiger partial charge in [-0.2, -0.15) is 0 Å². The van der Waals surface area contributed by atoms with Crippen LogP contribution >= 0.6 is 0 Å². The van der Waals surface area contributed by atoms with Crippen molar-refractivity contribution in [2.45, 2.75) is 32.7 Å². The second-order valence-electron chi connectivity index (χ2n) is 3.51. The van der Waals surface area contributed by atoms with E-state index in [-0.39, 0.29) is 0 Å². The lowest BCUT2D eigenvalue weighted by atomic mass is 10.1. The van der Waals surface area contributed by atoms with Crippen LogP contribution in [0.4, 0.5) is 0 Å². The molecule has 0 rings (SSSR count). The summed E-state index contributed by atoms with van der Waals surface area (Å²) in [6, 6.07) is -0.819. The molecule has 5 nitrogen and oxygen atoms in total. The summed E-state index contributed by atoms with van der Waals surface area (Å²) < 4.78 is 0. The second kappa shape index (κ2) is 7.00. The molecule has 0 aliphatic carbocycles. The third-order valence-corrected chi connectivity index (χ3v) is 1.84. The van der Waals surface area contributed by atoms with E-state index in [1.54, 1.807) is 6.92 Å². The smallest absolute Gasteiger partial charge is 0.320 e. The lowest BCUT2D eigenvalue weighted by Crippen LogP contribution is -2.30. The Labute approximate surface area is 89.9 Å². The Morgan fingerprint density at radius 1 is 1.53 bits per heavy atom. The third-order valence-electron chi connectivity index (χ3n) is 1.84. The molecule has 15 heavy (non-hydrogen) atoms. The average Bonchev–Trinajstić information content (AvgIpc) is 2.12. The zero-order valence-corrected chi connectivity index (χ0v) is 9.23. The highest BCUT2D eigenvalue weighted by molar-refractivity contribution is 5.77. The summed E-state index contributed by atoms with van der Waals surface area (Å²) >= 11 is 0. The first-order chi connectivity index (χ1) is 6.93. The molecule has 0 unspecified atom stereocenters. The molecule has 86 valence electrons. The summed E-state index contributed by atoms with van der Waals surface area (Å²) in [5.41, 5.74) is 11.7. The standard InChI is InChI=1S/C10H19N3O2/c1-7(6-9(12)10(14)15)4-3-5-13-8(2)11/h4,9H,3,5-6,12H2,1-2H3,(H2,11,13)(H,14,15)/b7-4+/t9-/m0/s1. The molecule has 0 bridgehead atoms. The van der Waals surface area contributed by atoms with Crippen molar-refractivity contribution in [2.24, 2.45) is 16.5 Å². The fourth-order valence-electron chi connectivity index (χ4n) is 1.07. The van der Waals surface area contributed by atoms with Gasteiger partial charge in [0, 0.05) is 6.54 Å². The summed E-state index contributed by atoms with van der Waals surface area (Å²) in [7, 11) is 0. The number of hydrogen-bond donors (Lipinski definition) is 3. The number of carboxylic acid groups (broad SMARTS) is 1. The molecule has 0 saturated heterocycles. The summed E-state index contributed by atoms with van der Waals surface area (Å²) in [6.07, 6.45) is 3.07. The minimum atomic E-state index is -0.974. The van der Waals surface area contributed by atoms with Crippen LogP contribution in [0.3, 0.4) is 0 Å². The van der Waals surface area contributed by atoms with Gasteiger partial charge in [-0.05, 0) is 26.7 Å². The van der Waals surface area contributed by atoms with E-state index < -0.39 is 12.0 Å². The van der Waals surface area contributed by atoms with Crippen molar-refractivity contribution in [2.75, 3.05) is 6.54 Å². The largest absolute Gasteiger partial charge is 0.480 e. The molecule has 1 atom stereocenters. The van der Waals surface area contributed by atoms with Gasteiger partial charge in [-0.25, -0.2) is 0 Å². The molecule has 0 aromatic rings. The minimum Gasteiger partial charge on any atom is -0.480 e. The van der Waals surface area contributed by atoms with Crippen molar-refractivity contribution in [1.82, 2.24) is 0 Å². The van der Waals surface area contributed by atoms with Crippen molar-refractivity contribution in [3.05, 3.63) is 11.6 Å². The van der Waals surface area contributed by atoms with Crippen LogP contribution in [0.25, 0.3) is 0 Å². The Hall–Kier alpha value is -1.36. The van der Waals surface area contributed by atoms with Crippen molar-refractivity contribution in [3.63, 3.8) is 0 Å². The number of hydrogen-bond acceptors (Lipinski definition) is 3.